The number of aromatic hydroxyl groups is 1. The number of thiocarbonyl (C=S) groups is 1. The van der Waals surface area contributed by atoms with Crippen molar-refractivity contribution in [3.8, 4) is 11.5 Å². The molecule has 6 nitrogen and oxygen atoms in total. The van der Waals surface area contributed by atoms with Gasteiger partial charge in [-0.25, -0.2) is 4.79 Å². The summed E-state index contributed by atoms with van der Waals surface area (Å²) in [6.45, 7) is 2.18. The molecule has 1 amide bonds. The number of amides is 1. The molecule has 8 heteroatoms. The Kier molecular flexibility index (Phi) is 6.01. The zero-order valence-electron chi connectivity index (χ0n) is 14.9. The number of aliphatic carboxylic acids is 1. The molecule has 1 aliphatic heterocycles. The van der Waals surface area contributed by atoms with Crippen LogP contribution in [-0.2, 0) is 9.59 Å². The molecule has 0 saturated carbocycles. The third kappa shape index (κ3) is 4.02. The summed E-state index contributed by atoms with van der Waals surface area (Å²) < 4.78 is 5.53. The highest BCUT2D eigenvalue weighted by molar-refractivity contribution is 8.26. The molecular weight excluding hydrogens is 398 g/mol. The Balaban J connectivity index is 1.94. The van der Waals surface area contributed by atoms with E-state index in [2.05, 4.69) is 0 Å². The summed E-state index contributed by atoms with van der Waals surface area (Å²) in [4.78, 5) is 26.2. The first-order chi connectivity index (χ1) is 13.4. The van der Waals surface area contributed by atoms with Crippen molar-refractivity contribution >= 4 is 46.3 Å². The minimum absolute atomic E-state index is 0.00145. The monoisotopic (exact) mass is 415 g/mol. The molecule has 2 aromatic carbocycles. The standard InChI is InChI=1S/C20H17NO5S2/c1-2-26-15-10-12(8-9-14(15)22)11-16-18(23)21(20(27)28-16)17(19(24)25)13-6-4-3-5-7-13/h3-11,17,22H,2H2,1H3,(H,24,25)/b16-11+. The van der Waals surface area contributed by atoms with Gasteiger partial charge >= 0.3 is 5.97 Å². The number of phenolic OH excluding ortho intramolecular Hbond substituents is 1. The van der Waals surface area contributed by atoms with Crippen molar-refractivity contribution in [2.24, 2.45) is 0 Å². The summed E-state index contributed by atoms with van der Waals surface area (Å²) in [6.07, 6.45) is 1.60. The van der Waals surface area contributed by atoms with Gasteiger partial charge in [-0.05, 0) is 36.3 Å². The SMILES string of the molecule is CCOc1cc(/C=C2/SC(=S)N(C(C(=O)O)c3ccccc3)C2=O)ccc1O. The smallest absolute Gasteiger partial charge is 0.331 e. The Labute approximate surface area is 171 Å². The lowest BCUT2D eigenvalue weighted by atomic mass is 10.1. The van der Waals surface area contributed by atoms with Gasteiger partial charge in [-0.15, -0.1) is 0 Å². The Morgan fingerprint density at radius 1 is 1.29 bits per heavy atom. The number of benzene rings is 2. The highest BCUT2D eigenvalue weighted by Gasteiger charge is 2.41. The Morgan fingerprint density at radius 3 is 2.64 bits per heavy atom. The van der Waals surface area contributed by atoms with Crippen molar-refractivity contribution in [3.63, 3.8) is 0 Å². The molecular formula is C20H17NO5S2. The third-order valence-corrected chi connectivity index (χ3v) is 5.34. The average Bonchev–Trinajstić information content (AvgIpc) is 2.93. The molecule has 1 aliphatic rings. The maximum absolute atomic E-state index is 12.9. The van der Waals surface area contributed by atoms with Gasteiger partial charge in [0.15, 0.2) is 17.5 Å². The van der Waals surface area contributed by atoms with Gasteiger partial charge in [-0.1, -0.05) is 60.4 Å². The summed E-state index contributed by atoms with van der Waals surface area (Å²) in [5.74, 6) is -1.33. The fourth-order valence-electron chi connectivity index (χ4n) is 2.78. The van der Waals surface area contributed by atoms with E-state index in [1.54, 1.807) is 55.5 Å². The first kappa shape index (κ1) is 19.9. The molecule has 0 spiro atoms. The number of nitrogens with zero attached hydrogens (tertiary/aromatic N) is 1. The van der Waals surface area contributed by atoms with E-state index in [-0.39, 0.29) is 10.1 Å². The van der Waals surface area contributed by atoms with Gasteiger partial charge in [-0.2, -0.15) is 0 Å². The molecule has 0 aliphatic carbocycles. The molecule has 2 N–H and O–H groups in total. The minimum Gasteiger partial charge on any atom is -0.504 e. The van der Waals surface area contributed by atoms with Crippen LogP contribution in [0.3, 0.4) is 0 Å². The van der Waals surface area contributed by atoms with Crippen molar-refractivity contribution in [2.45, 2.75) is 13.0 Å². The summed E-state index contributed by atoms with van der Waals surface area (Å²) in [6, 6.07) is 12.0. The molecule has 0 aromatic heterocycles. The minimum atomic E-state index is -1.20. The Hall–Kier alpha value is -2.84. The summed E-state index contributed by atoms with van der Waals surface area (Å²) in [7, 11) is 0. The predicted molar refractivity (Wildman–Crippen MR) is 111 cm³/mol. The number of carboxylic acid groups (broad SMARTS) is 1. The van der Waals surface area contributed by atoms with E-state index in [0.717, 1.165) is 16.7 Å². The zero-order valence-corrected chi connectivity index (χ0v) is 16.5. The molecule has 1 saturated heterocycles. The van der Waals surface area contributed by atoms with Crippen LogP contribution in [-0.4, -0.2) is 37.9 Å². The summed E-state index contributed by atoms with van der Waals surface area (Å²) >= 11 is 6.34. The Morgan fingerprint density at radius 2 is 2.00 bits per heavy atom. The van der Waals surface area contributed by atoms with Crippen molar-refractivity contribution in [2.75, 3.05) is 6.61 Å². The number of hydrogen-bond donors (Lipinski definition) is 2. The van der Waals surface area contributed by atoms with Gasteiger partial charge < -0.3 is 14.9 Å². The van der Waals surface area contributed by atoms with Crippen molar-refractivity contribution < 1.29 is 24.5 Å². The molecule has 1 fully saturated rings. The number of carbonyl (C=O) groups is 2. The van der Waals surface area contributed by atoms with Gasteiger partial charge in [0.05, 0.1) is 11.5 Å². The van der Waals surface area contributed by atoms with E-state index in [4.69, 9.17) is 17.0 Å². The first-order valence-electron chi connectivity index (χ1n) is 8.43. The molecule has 0 bridgehead atoms. The Bertz CT molecular complexity index is 958. The molecule has 144 valence electrons. The van der Waals surface area contributed by atoms with Crippen molar-refractivity contribution in [1.29, 1.82) is 0 Å². The first-order valence-corrected chi connectivity index (χ1v) is 9.65. The van der Waals surface area contributed by atoms with E-state index in [1.165, 1.54) is 6.07 Å². The molecule has 0 radical (unpaired) electrons. The number of phenols is 1. The zero-order chi connectivity index (χ0) is 20.3. The van der Waals surface area contributed by atoms with Crippen LogP contribution in [0.15, 0.2) is 53.4 Å². The molecule has 1 heterocycles. The fraction of sp³-hybridized carbons (Fsp3) is 0.150. The van der Waals surface area contributed by atoms with E-state index in [0.29, 0.717) is 28.4 Å². The second-order valence-corrected chi connectivity index (χ2v) is 7.54. The maximum Gasteiger partial charge on any atom is 0.331 e. The van der Waals surface area contributed by atoms with Crippen LogP contribution in [0.1, 0.15) is 24.1 Å². The van der Waals surface area contributed by atoms with Crippen LogP contribution in [0, 0.1) is 0 Å². The summed E-state index contributed by atoms with van der Waals surface area (Å²) in [5.41, 5.74) is 1.10. The number of hydrogen-bond acceptors (Lipinski definition) is 6. The van der Waals surface area contributed by atoms with Gasteiger partial charge in [-0.3, -0.25) is 9.69 Å². The largest absolute Gasteiger partial charge is 0.504 e. The highest BCUT2D eigenvalue weighted by Crippen LogP contribution is 2.39. The van der Waals surface area contributed by atoms with Crippen molar-refractivity contribution in [3.05, 3.63) is 64.6 Å². The number of rotatable bonds is 6. The number of thioether (sulfide) groups is 1. The van der Waals surface area contributed by atoms with Crippen LogP contribution < -0.4 is 4.74 Å². The topological polar surface area (TPSA) is 87.1 Å². The van der Waals surface area contributed by atoms with Crippen LogP contribution in [0.25, 0.3) is 6.08 Å². The number of carboxylic acids is 1. The molecule has 2 aromatic rings. The van der Waals surface area contributed by atoms with E-state index >= 15 is 0 Å². The van der Waals surface area contributed by atoms with Gasteiger partial charge in [0.25, 0.3) is 5.91 Å². The van der Waals surface area contributed by atoms with Crippen LogP contribution >= 0.6 is 24.0 Å². The second-order valence-electron chi connectivity index (χ2n) is 5.86. The lowest BCUT2D eigenvalue weighted by Gasteiger charge is -2.23. The molecule has 1 atom stereocenters. The normalized spacial score (nSPS) is 16.5. The lowest BCUT2D eigenvalue weighted by molar-refractivity contribution is -0.145. The summed E-state index contributed by atoms with van der Waals surface area (Å²) in [5, 5.41) is 19.5. The second kappa shape index (κ2) is 8.45. The van der Waals surface area contributed by atoms with Gasteiger partial charge in [0.1, 0.15) is 4.32 Å². The molecule has 28 heavy (non-hydrogen) atoms. The van der Waals surface area contributed by atoms with Gasteiger partial charge in [0, 0.05) is 0 Å². The van der Waals surface area contributed by atoms with Crippen LogP contribution in [0.5, 0.6) is 11.5 Å². The average molecular weight is 415 g/mol. The highest BCUT2D eigenvalue weighted by atomic mass is 32.2. The number of carbonyl (C=O) groups excluding carboxylic acids is 1. The van der Waals surface area contributed by atoms with E-state index in [1.807, 2.05) is 0 Å². The quantitative estimate of drug-likeness (QED) is 0.548. The van der Waals surface area contributed by atoms with Crippen LogP contribution in [0.2, 0.25) is 0 Å². The predicted octanol–water partition coefficient (Wildman–Crippen LogP) is 3.82. The van der Waals surface area contributed by atoms with Crippen LogP contribution in [0.4, 0.5) is 0 Å². The molecule has 3 rings (SSSR count). The molecule has 1 unspecified atom stereocenters. The lowest BCUT2D eigenvalue weighted by Crippen LogP contribution is -2.37. The van der Waals surface area contributed by atoms with Crippen molar-refractivity contribution in [1.82, 2.24) is 4.90 Å². The van der Waals surface area contributed by atoms with Gasteiger partial charge in [0.2, 0.25) is 0 Å². The maximum atomic E-state index is 12.9. The fourth-order valence-corrected chi connectivity index (χ4v) is 4.10. The number of ether oxygens (including phenoxy) is 1. The third-order valence-electron chi connectivity index (χ3n) is 4.01. The van der Waals surface area contributed by atoms with E-state index < -0.39 is 17.9 Å². The van der Waals surface area contributed by atoms with E-state index in [9.17, 15) is 19.8 Å².